The van der Waals surface area contributed by atoms with Crippen LogP contribution in [-0.4, -0.2) is 28.0 Å². The minimum Gasteiger partial charge on any atom is -0.443 e. The highest BCUT2D eigenvalue weighted by Crippen LogP contribution is 2.24. The van der Waals surface area contributed by atoms with E-state index in [9.17, 15) is 4.79 Å². The number of nitrogens with zero attached hydrogens (tertiary/aromatic N) is 3. The Morgan fingerprint density at radius 3 is 2.75 bits per heavy atom. The summed E-state index contributed by atoms with van der Waals surface area (Å²) in [5, 5.41) is 4.29. The zero-order valence-corrected chi connectivity index (χ0v) is 10.1. The second-order valence-corrected chi connectivity index (χ2v) is 5.00. The third kappa shape index (κ3) is 2.03. The molecule has 0 unspecified atom stereocenters. The van der Waals surface area contributed by atoms with Crippen molar-refractivity contribution in [2.24, 2.45) is 0 Å². The zero-order chi connectivity index (χ0) is 11.9. The molecule has 0 spiro atoms. The molecule has 16 heavy (non-hydrogen) atoms. The second kappa shape index (κ2) is 3.50. The van der Waals surface area contributed by atoms with Gasteiger partial charge in [-0.1, -0.05) is 0 Å². The van der Waals surface area contributed by atoms with Crippen LogP contribution in [0.5, 0.6) is 0 Å². The maximum atomic E-state index is 11.9. The molecule has 0 aliphatic carbocycles. The van der Waals surface area contributed by atoms with E-state index in [1.165, 1.54) is 0 Å². The zero-order valence-electron chi connectivity index (χ0n) is 10.1. The van der Waals surface area contributed by atoms with Gasteiger partial charge in [0.15, 0.2) is 0 Å². The van der Waals surface area contributed by atoms with Crippen LogP contribution in [0, 0.1) is 6.92 Å². The van der Waals surface area contributed by atoms with Crippen molar-refractivity contribution in [1.29, 1.82) is 0 Å². The topological polar surface area (TPSA) is 47.4 Å². The summed E-state index contributed by atoms with van der Waals surface area (Å²) >= 11 is 0. The number of hydrogen-bond acceptors (Lipinski definition) is 3. The number of aromatic nitrogens is 2. The van der Waals surface area contributed by atoms with Crippen LogP contribution in [0.25, 0.3) is 0 Å². The fraction of sp³-hybridized carbons (Fsp3) is 0.636. The molecule has 0 bridgehead atoms. The normalized spacial score (nSPS) is 15.1. The molecule has 2 heterocycles. The highest BCUT2D eigenvalue weighted by atomic mass is 16.6. The van der Waals surface area contributed by atoms with Gasteiger partial charge in [0, 0.05) is 6.07 Å². The van der Waals surface area contributed by atoms with Crippen molar-refractivity contribution in [3.8, 4) is 0 Å². The van der Waals surface area contributed by atoms with Gasteiger partial charge in [0.05, 0.1) is 18.8 Å². The Balaban J connectivity index is 2.15. The van der Waals surface area contributed by atoms with E-state index in [1.807, 2.05) is 38.4 Å². The summed E-state index contributed by atoms with van der Waals surface area (Å²) < 4.78 is 7.17. The smallest absolute Gasteiger partial charge is 0.416 e. The molecule has 0 N–H and O–H groups in total. The maximum absolute atomic E-state index is 11.9. The molecular weight excluding hydrogens is 206 g/mol. The highest BCUT2D eigenvalue weighted by molar-refractivity contribution is 5.87. The van der Waals surface area contributed by atoms with E-state index in [-0.39, 0.29) is 6.09 Å². The number of carbonyl (C=O) groups excluding carboxylic acids is 1. The fourth-order valence-corrected chi connectivity index (χ4v) is 1.72. The lowest BCUT2D eigenvalue weighted by Crippen LogP contribution is -2.35. The van der Waals surface area contributed by atoms with Crippen LogP contribution < -0.4 is 4.90 Å². The van der Waals surface area contributed by atoms with E-state index in [4.69, 9.17) is 4.74 Å². The Morgan fingerprint density at radius 2 is 2.12 bits per heavy atom. The van der Waals surface area contributed by atoms with Gasteiger partial charge in [-0.05, 0) is 27.7 Å². The number of carbonyl (C=O) groups is 1. The molecule has 0 atom stereocenters. The van der Waals surface area contributed by atoms with E-state index in [1.54, 1.807) is 4.90 Å². The number of ether oxygens (including phenoxy) is 1. The summed E-state index contributed by atoms with van der Waals surface area (Å²) in [6.07, 6.45) is -0.300. The molecular formula is C11H17N3O2. The van der Waals surface area contributed by atoms with Gasteiger partial charge in [0.25, 0.3) is 0 Å². The molecule has 1 aromatic heterocycles. The first-order chi connectivity index (χ1) is 7.37. The molecule has 2 rings (SSSR count). The van der Waals surface area contributed by atoms with Crippen molar-refractivity contribution in [2.75, 3.05) is 11.4 Å². The fourth-order valence-electron chi connectivity index (χ4n) is 1.72. The summed E-state index contributed by atoms with van der Waals surface area (Å²) in [6.45, 7) is 8.88. The Labute approximate surface area is 95.0 Å². The summed E-state index contributed by atoms with van der Waals surface area (Å²) in [5.74, 6) is 0.826. The van der Waals surface area contributed by atoms with Gasteiger partial charge in [-0.2, -0.15) is 5.10 Å². The monoisotopic (exact) mass is 223 g/mol. The summed E-state index contributed by atoms with van der Waals surface area (Å²) in [5.41, 5.74) is 0.461. The molecule has 5 nitrogen and oxygen atoms in total. The van der Waals surface area contributed by atoms with Crippen LogP contribution in [-0.2, 0) is 11.3 Å². The average molecular weight is 223 g/mol. The summed E-state index contributed by atoms with van der Waals surface area (Å²) in [6, 6.07) is 1.90. The number of hydrogen-bond donors (Lipinski definition) is 0. The lowest BCUT2D eigenvalue weighted by molar-refractivity contribution is 0.0584. The van der Waals surface area contributed by atoms with Gasteiger partial charge in [-0.25, -0.2) is 9.48 Å². The Morgan fingerprint density at radius 1 is 1.44 bits per heavy atom. The SMILES string of the molecule is Cc1cc2n(n1)CCN2C(=O)OC(C)(C)C. The van der Waals surface area contributed by atoms with Gasteiger partial charge in [-0.3, -0.25) is 4.90 Å². The van der Waals surface area contributed by atoms with E-state index in [0.29, 0.717) is 6.54 Å². The van der Waals surface area contributed by atoms with E-state index < -0.39 is 5.60 Å². The largest absolute Gasteiger partial charge is 0.443 e. The van der Waals surface area contributed by atoms with Crippen molar-refractivity contribution >= 4 is 11.9 Å². The van der Waals surface area contributed by atoms with E-state index in [2.05, 4.69) is 5.10 Å². The van der Waals surface area contributed by atoms with Crippen molar-refractivity contribution in [3.05, 3.63) is 11.8 Å². The van der Waals surface area contributed by atoms with Crippen LogP contribution in [0.4, 0.5) is 10.6 Å². The van der Waals surface area contributed by atoms with E-state index in [0.717, 1.165) is 18.1 Å². The van der Waals surface area contributed by atoms with Gasteiger partial charge >= 0.3 is 6.09 Å². The van der Waals surface area contributed by atoms with Crippen molar-refractivity contribution in [1.82, 2.24) is 9.78 Å². The van der Waals surface area contributed by atoms with Crippen LogP contribution >= 0.6 is 0 Å². The van der Waals surface area contributed by atoms with E-state index >= 15 is 0 Å². The third-order valence-electron chi connectivity index (χ3n) is 2.31. The molecule has 88 valence electrons. The molecule has 0 saturated heterocycles. The van der Waals surface area contributed by atoms with Crippen molar-refractivity contribution in [3.63, 3.8) is 0 Å². The molecule has 0 radical (unpaired) electrons. The maximum Gasteiger partial charge on any atom is 0.416 e. The van der Waals surface area contributed by atoms with Crippen molar-refractivity contribution in [2.45, 2.75) is 39.8 Å². The number of aryl methyl sites for hydroxylation is 1. The molecule has 1 aromatic rings. The third-order valence-corrected chi connectivity index (χ3v) is 2.31. The van der Waals surface area contributed by atoms with Gasteiger partial charge < -0.3 is 4.74 Å². The Kier molecular flexibility index (Phi) is 2.40. The molecule has 1 aliphatic rings. The second-order valence-electron chi connectivity index (χ2n) is 5.00. The minimum atomic E-state index is -0.459. The number of amides is 1. The van der Waals surface area contributed by atoms with Gasteiger partial charge in [-0.15, -0.1) is 0 Å². The molecule has 1 amide bonds. The molecule has 0 fully saturated rings. The first-order valence-corrected chi connectivity index (χ1v) is 5.42. The quantitative estimate of drug-likeness (QED) is 0.675. The minimum absolute atomic E-state index is 0.300. The Hall–Kier alpha value is -1.52. The molecule has 0 saturated carbocycles. The molecule has 5 heteroatoms. The van der Waals surface area contributed by atoms with Crippen LogP contribution in [0.15, 0.2) is 6.07 Å². The summed E-state index contributed by atoms with van der Waals surface area (Å²) in [7, 11) is 0. The predicted molar refractivity (Wildman–Crippen MR) is 60.5 cm³/mol. The Bertz CT molecular complexity index is 417. The molecule has 0 aromatic carbocycles. The van der Waals surface area contributed by atoms with Gasteiger partial charge in [0.2, 0.25) is 0 Å². The highest BCUT2D eigenvalue weighted by Gasteiger charge is 2.29. The van der Waals surface area contributed by atoms with Crippen LogP contribution in [0.3, 0.4) is 0 Å². The van der Waals surface area contributed by atoms with Crippen molar-refractivity contribution < 1.29 is 9.53 Å². The van der Waals surface area contributed by atoms with Gasteiger partial charge in [0.1, 0.15) is 11.4 Å². The number of fused-ring (bicyclic) bond motifs is 1. The lowest BCUT2D eigenvalue weighted by atomic mass is 10.2. The standard InChI is InChI=1S/C11H17N3O2/c1-8-7-9-13(5-6-14(9)12-8)10(15)16-11(2,3)4/h7H,5-6H2,1-4H3. The first kappa shape index (κ1) is 11.0. The lowest BCUT2D eigenvalue weighted by Gasteiger charge is -2.23. The summed E-state index contributed by atoms with van der Waals surface area (Å²) in [4.78, 5) is 13.5. The number of anilines is 1. The predicted octanol–water partition coefficient (Wildman–Crippen LogP) is 1.95. The average Bonchev–Trinajstić information content (AvgIpc) is 2.58. The molecule has 1 aliphatic heterocycles. The van der Waals surface area contributed by atoms with Crippen LogP contribution in [0.1, 0.15) is 26.5 Å². The van der Waals surface area contributed by atoms with Crippen LogP contribution in [0.2, 0.25) is 0 Å². The number of rotatable bonds is 0. The first-order valence-electron chi connectivity index (χ1n) is 5.42.